The van der Waals surface area contributed by atoms with Crippen molar-refractivity contribution in [3.63, 3.8) is 0 Å². The topological polar surface area (TPSA) is 47.9 Å². The second kappa shape index (κ2) is 11.7. The summed E-state index contributed by atoms with van der Waals surface area (Å²) in [6.07, 6.45) is 16.0. The van der Waals surface area contributed by atoms with Gasteiger partial charge < -0.3 is 4.74 Å². The second-order valence-electron chi connectivity index (χ2n) is 7.09. The Bertz CT molecular complexity index is 846. The molecule has 0 unspecified atom stereocenters. The average molecular weight is 388 g/mol. The lowest BCUT2D eigenvalue weighted by Crippen LogP contribution is -1.99. The largest absolute Gasteiger partial charge is 0.478 e. The molecule has 2 aromatic heterocycles. The molecule has 0 fully saturated rings. The smallest absolute Gasteiger partial charge is 0.213 e. The molecule has 0 aliphatic carbocycles. The fourth-order valence-corrected chi connectivity index (χ4v) is 3.12. The van der Waals surface area contributed by atoms with Crippen LogP contribution >= 0.6 is 0 Å². The number of pyridine rings is 1. The molecule has 0 aliphatic heterocycles. The molecule has 150 valence electrons. The average Bonchev–Trinajstić information content (AvgIpc) is 2.79. The first kappa shape index (κ1) is 20.7. The molecular formula is C25H29N3O. The Kier molecular flexibility index (Phi) is 8.39. The summed E-state index contributed by atoms with van der Waals surface area (Å²) < 4.78 is 5.76. The summed E-state index contributed by atoms with van der Waals surface area (Å²) in [5.74, 6) is 1.39. The summed E-state index contributed by atoms with van der Waals surface area (Å²) in [7, 11) is 0. The van der Waals surface area contributed by atoms with Crippen LogP contribution in [0.15, 0.2) is 73.7 Å². The molecule has 4 heteroatoms. The molecule has 4 nitrogen and oxygen atoms in total. The van der Waals surface area contributed by atoms with Crippen LogP contribution in [0.1, 0.15) is 44.9 Å². The number of nitrogens with zero attached hydrogens (tertiary/aromatic N) is 3. The predicted octanol–water partition coefficient (Wildman–Crippen LogP) is 6.50. The van der Waals surface area contributed by atoms with E-state index in [2.05, 4.69) is 21.5 Å². The predicted molar refractivity (Wildman–Crippen MR) is 119 cm³/mol. The molecule has 1 aromatic carbocycles. The lowest BCUT2D eigenvalue weighted by Gasteiger charge is -2.07. The van der Waals surface area contributed by atoms with E-state index in [0.717, 1.165) is 35.4 Å². The lowest BCUT2D eigenvalue weighted by molar-refractivity contribution is 0.293. The Hall–Kier alpha value is -3.01. The van der Waals surface area contributed by atoms with Crippen molar-refractivity contribution in [2.45, 2.75) is 44.9 Å². The minimum Gasteiger partial charge on any atom is -0.478 e. The van der Waals surface area contributed by atoms with Crippen molar-refractivity contribution in [2.75, 3.05) is 6.61 Å². The second-order valence-corrected chi connectivity index (χ2v) is 7.09. The Morgan fingerprint density at radius 1 is 0.690 bits per heavy atom. The number of ether oxygens (including phenoxy) is 1. The van der Waals surface area contributed by atoms with E-state index in [1.54, 1.807) is 0 Å². The standard InChI is InChI=1S/C25H29N3O/c1-2-3-4-5-6-7-8-12-17-29-24-16-15-22(18-26-24)23-19-27-25(28-20-23)21-13-10-9-11-14-21/h2,9-11,13-16,18-20H,1,3-8,12,17H2. The molecule has 2 heterocycles. The van der Waals surface area contributed by atoms with Crippen molar-refractivity contribution in [3.8, 4) is 28.4 Å². The van der Waals surface area contributed by atoms with E-state index in [1.165, 1.54) is 32.1 Å². The fraction of sp³-hybridized carbons (Fsp3) is 0.320. The summed E-state index contributed by atoms with van der Waals surface area (Å²) in [4.78, 5) is 13.4. The highest BCUT2D eigenvalue weighted by Crippen LogP contribution is 2.21. The van der Waals surface area contributed by atoms with Gasteiger partial charge >= 0.3 is 0 Å². The highest BCUT2D eigenvalue weighted by Gasteiger charge is 2.04. The third kappa shape index (κ3) is 6.83. The summed E-state index contributed by atoms with van der Waals surface area (Å²) in [6, 6.07) is 13.9. The Morgan fingerprint density at radius 2 is 1.38 bits per heavy atom. The summed E-state index contributed by atoms with van der Waals surface area (Å²) >= 11 is 0. The highest BCUT2D eigenvalue weighted by molar-refractivity contribution is 5.63. The molecule has 0 radical (unpaired) electrons. The molecular weight excluding hydrogens is 358 g/mol. The van der Waals surface area contributed by atoms with Gasteiger partial charge in [0.1, 0.15) is 0 Å². The van der Waals surface area contributed by atoms with Gasteiger partial charge in [-0.2, -0.15) is 0 Å². The molecule has 0 bridgehead atoms. The number of hydrogen-bond acceptors (Lipinski definition) is 4. The first-order valence-corrected chi connectivity index (χ1v) is 10.4. The summed E-state index contributed by atoms with van der Waals surface area (Å²) in [6.45, 7) is 4.47. The normalized spacial score (nSPS) is 10.6. The molecule has 0 aliphatic rings. The van der Waals surface area contributed by atoms with E-state index >= 15 is 0 Å². The maximum absolute atomic E-state index is 5.76. The molecule has 0 N–H and O–H groups in total. The van der Waals surface area contributed by atoms with Crippen molar-refractivity contribution >= 4 is 0 Å². The third-order valence-corrected chi connectivity index (χ3v) is 4.81. The minimum atomic E-state index is 0.668. The first-order valence-electron chi connectivity index (χ1n) is 10.4. The van der Waals surface area contributed by atoms with Gasteiger partial charge in [0, 0.05) is 41.3 Å². The van der Waals surface area contributed by atoms with Crippen LogP contribution in [0, 0.1) is 0 Å². The number of allylic oxidation sites excluding steroid dienone is 1. The van der Waals surface area contributed by atoms with Gasteiger partial charge in [-0.05, 0) is 25.3 Å². The number of hydrogen-bond donors (Lipinski definition) is 0. The van der Waals surface area contributed by atoms with Crippen LogP contribution in [0.3, 0.4) is 0 Å². The summed E-state index contributed by atoms with van der Waals surface area (Å²) in [5, 5.41) is 0. The molecule has 0 saturated heterocycles. The van der Waals surface area contributed by atoms with Crippen LogP contribution in [0.25, 0.3) is 22.5 Å². The van der Waals surface area contributed by atoms with E-state index in [-0.39, 0.29) is 0 Å². The van der Waals surface area contributed by atoms with Crippen LogP contribution in [-0.4, -0.2) is 21.6 Å². The van der Waals surface area contributed by atoms with Crippen molar-refractivity contribution < 1.29 is 4.74 Å². The van der Waals surface area contributed by atoms with E-state index in [0.29, 0.717) is 12.5 Å². The van der Waals surface area contributed by atoms with Gasteiger partial charge in [-0.15, -0.1) is 6.58 Å². The van der Waals surface area contributed by atoms with Gasteiger partial charge in [0.2, 0.25) is 5.88 Å². The van der Waals surface area contributed by atoms with Crippen molar-refractivity contribution in [3.05, 3.63) is 73.7 Å². The minimum absolute atomic E-state index is 0.668. The van der Waals surface area contributed by atoms with Crippen LogP contribution in [0.2, 0.25) is 0 Å². The molecule has 0 spiro atoms. The quantitative estimate of drug-likeness (QED) is 0.263. The van der Waals surface area contributed by atoms with Gasteiger partial charge in [0.15, 0.2) is 5.82 Å². The SMILES string of the molecule is C=CCCCCCCCCOc1ccc(-c2cnc(-c3ccccc3)nc2)cn1. The highest BCUT2D eigenvalue weighted by atomic mass is 16.5. The molecule has 29 heavy (non-hydrogen) atoms. The van der Waals surface area contributed by atoms with Gasteiger partial charge in [0.25, 0.3) is 0 Å². The number of unbranched alkanes of at least 4 members (excludes halogenated alkanes) is 6. The molecule has 0 saturated carbocycles. The maximum Gasteiger partial charge on any atom is 0.213 e. The zero-order valence-corrected chi connectivity index (χ0v) is 17.0. The lowest BCUT2D eigenvalue weighted by atomic mass is 10.1. The van der Waals surface area contributed by atoms with Gasteiger partial charge in [-0.3, -0.25) is 0 Å². The Balaban J connectivity index is 1.41. The van der Waals surface area contributed by atoms with Crippen LogP contribution < -0.4 is 4.74 Å². The molecule has 0 amide bonds. The number of aromatic nitrogens is 3. The van der Waals surface area contributed by atoms with E-state index < -0.39 is 0 Å². The molecule has 3 rings (SSSR count). The first-order chi connectivity index (χ1) is 14.4. The zero-order valence-electron chi connectivity index (χ0n) is 17.0. The zero-order chi connectivity index (χ0) is 20.2. The molecule has 3 aromatic rings. The number of benzene rings is 1. The Morgan fingerprint density at radius 3 is 2.07 bits per heavy atom. The van der Waals surface area contributed by atoms with Crippen LogP contribution in [0.4, 0.5) is 0 Å². The molecule has 0 atom stereocenters. The van der Waals surface area contributed by atoms with E-state index in [4.69, 9.17) is 4.74 Å². The van der Waals surface area contributed by atoms with E-state index in [9.17, 15) is 0 Å². The maximum atomic E-state index is 5.76. The van der Waals surface area contributed by atoms with E-state index in [1.807, 2.05) is 67.1 Å². The Labute approximate surface area is 173 Å². The van der Waals surface area contributed by atoms with Crippen molar-refractivity contribution in [2.24, 2.45) is 0 Å². The number of rotatable bonds is 12. The third-order valence-electron chi connectivity index (χ3n) is 4.81. The van der Waals surface area contributed by atoms with Crippen molar-refractivity contribution in [1.82, 2.24) is 15.0 Å². The monoisotopic (exact) mass is 387 g/mol. The summed E-state index contributed by atoms with van der Waals surface area (Å²) in [5.41, 5.74) is 2.94. The fourth-order valence-electron chi connectivity index (χ4n) is 3.12. The van der Waals surface area contributed by atoms with Crippen LogP contribution in [0.5, 0.6) is 5.88 Å². The van der Waals surface area contributed by atoms with Gasteiger partial charge in [0.05, 0.1) is 6.61 Å². The van der Waals surface area contributed by atoms with Gasteiger partial charge in [-0.1, -0.05) is 62.1 Å². The van der Waals surface area contributed by atoms with Crippen LogP contribution in [-0.2, 0) is 0 Å². The van der Waals surface area contributed by atoms with Gasteiger partial charge in [-0.25, -0.2) is 15.0 Å². The van der Waals surface area contributed by atoms with Crippen molar-refractivity contribution in [1.29, 1.82) is 0 Å².